The molecule has 32 heavy (non-hydrogen) atoms. The number of benzene rings is 2. The summed E-state index contributed by atoms with van der Waals surface area (Å²) < 4.78 is 16.9. The Morgan fingerprint density at radius 3 is 2.69 bits per heavy atom. The first-order valence-corrected chi connectivity index (χ1v) is 11.7. The molecule has 0 amide bonds. The number of carboxylic acid groups (broad SMARTS) is 1. The van der Waals surface area contributed by atoms with E-state index in [2.05, 4.69) is 0 Å². The van der Waals surface area contributed by atoms with Crippen LogP contribution in [0.3, 0.4) is 0 Å². The quantitative estimate of drug-likeness (QED) is 0.461. The Morgan fingerprint density at radius 1 is 1.03 bits per heavy atom. The molecule has 0 unspecified atom stereocenters. The summed E-state index contributed by atoms with van der Waals surface area (Å²) >= 11 is 3.18. The molecule has 5 rings (SSSR count). The summed E-state index contributed by atoms with van der Waals surface area (Å²) in [6.07, 6.45) is 0. The third-order valence-electron chi connectivity index (χ3n) is 5.03. The summed E-state index contributed by atoms with van der Waals surface area (Å²) in [5.41, 5.74) is 0.767. The average Bonchev–Trinajstić information content (AvgIpc) is 2.81. The summed E-state index contributed by atoms with van der Waals surface area (Å²) in [6.45, 7) is 2.20. The Balaban J connectivity index is 1.48. The zero-order chi connectivity index (χ0) is 22.1. The van der Waals surface area contributed by atoms with E-state index >= 15 is 0 Å². The van der Waals surface area contributed by atoms with E-state index in [1.54, 1.807) is 29.6 Å². The van der Waals surface area contributed by atoms with Crippen molar-refractivity contribution in [2.24, 2.45) is 0 Å². The molecular formula is C23H19NO6S2. The van der Waals surface area contributed by atoms with Crippen molar-refractivity contribution in [2.45, 2.75) is 19.6 Å². The number of morpholine rings is 1. The van der Waals surface area contributed by atoms with Crippen LogP contribution in [-0.2, 0) is 9.53 Å². The van der Waals surface area contributed by atoms with Crippen LogP contribution in [0.15, 0.2) is 77.3 Å². The number of carbonyl (C=O) groups is 1. The molecule has 2 aliphatic heterocycles. The molecule has 0 aliphatic carbocycles. The second-order valence-corrected chi connectivity index (χ2v) is 9.36. The lowest BCUT2D eigenvalue weighted by Gasteiger charge is -2.27. The van der Waals surface area contributed by atoms with E-state index in [1.165, 1.54) is 12.1 Å². The lowest BCUT2D eigenvalue weighted by molar-refractivity contribution is -0.139. The smallest absolute Gasteiger partial charge is 0.341 e. The maximum atomic E-state index is 12.5. The summed E-state index contributed by atoms with van der Waals surface area (Å²) in [4.78, 5) is 29.3. The molecule has 9 heteroatoms. The minimum absolute atomic E-state index is 0.0978. The maximum Gasteiger partial charge on any atom is 0.341 e. The molecule has 1 N–H and O–H groups in total. The van der Waals surface area contributed by atoms with Crippen molar-refractivity contribution >= 4 is 35.4 Å². The Bertz CT molecular complexity index is 1240. The number of aliphatic carboxylic acids is 1. The SMILES string of the molecule is O=C(O)COc1ccc2c(c1)Sc1cccc(-c3cc(=O)cc(N4CCOCC4)o3)c1S2. The largest absolute Gasteiger partial charge is 0.482 e. The Hall–Kier alpha value is -2.88. The van der Waals surface area contributed by atoms with Crippen LogP contribution in [0.1, 0.15) is 0 Å². The summed E-state index contributed by atoms with van der Waals surface area (Å²) in [6, 6.07) is 14.5. The van der Waals surface area contributed by atoms with E-state index in [0.29, 0.717) is 43.7 Å². The van der Waals surface area contributed by atoms with Crippen molar-refractivity contribution in [1.82, 2.24) is 0 Å². The molecule has 0 saturated carbocycles. The van der Waals surface area contributed by atoms with Crippen LogP contribution >= 0.6 is 23.5 Å². The number of nitrogens with zero attached hydrogens (tertiary/aromatic N) is 1. The summed E-state index contributed by atoms with van der Waals surface area (Å²) in [5, 5.41) is 8.83. The maximum absolute atomic E-state index is 12.5. The van der Waals surface area contributed by atoms with Gasteiger partial charge in [0.15, 0.2) is 17.9 Å². The molecule has 0 radical (unpaired) electrons. The van der Waals surface area contributed by atoms with E-state index in [1.807, 2.05) is 35.2 Å². The number of anilines is 1. The van der Waals surface area contributed by atoms with Crippen molar-refractivity contribution in [2.75, 3.05) is 37.8 Å². The van der Waals surface area contributed by atoms with Gasteiger partial charge in [-0.2, -0.15) is 0 Å². The molecule has 1 fully saturated rings. The third kappa shape index (κ3) is 4.36. The fourth-order valence-electron chi connectivity index (χ4n) is 3.55. The van der Waals surface area contributed by atoms with Crippen molar-refractivity contribution in [3.8, 4) is 17.1 Å². The van der Waals surface area contributed by atoms with Gasteiger partial charge in [-0.3, -0.25) is 4.79 Å². The van der Waals surface area contributed by atoms with Crippen molar-refractivity contribution in [1.29, 1.82) is 0 Å². The minimum atomic E-state index is -1.01. The van der Waals surface area contributed by atoms with E-state index in [-0.39, 0.29) is 12.0 Å². The van der Waals surface area contributed by atoms with Crippen LogP contribution in [0.25, 0.3) is 11.3 Å². The first-order valence-electron chi connectivity index (χ1n) is 10.0. The molecule has 164 valence electrons. The van der Waals surface area contributed by atoms with E-state index in [9.17, 15) is 9.59 Å². The molecular weight excluding hydrogens is 450 g/mol. The number of hydrogen-bond acceptors (Lipinski definition) is 8. The number of fused-ring (bicyclic) bond motifs is 2. The third-order valence-corrected chi connectivity index (χ3v) is 7.63. The highest BCUT2D eigenvalue weighted by Gasteiger charge is 2.23. The van der Waals surface area contributed by atoms with E-state index in [0.717, 1.165) is 25.1 Å². The molecule has 2 aromatic carbocycles. The first-order chi connectivity index (χ1) is 15.6. The van der Waals surface area contributed by atoms with Gasteiger partial charge in [-0.15, -0.1) is 0 Å². The Labute approximate surface area is 192 Å². The van der Waals surface area contributed by atoms with Gasteiger partial charge in [0, 0.05) is 50.4 Å². The molecule has 3 heterocycles. The normalized spacial score (nSPS) is 15.1. The predicted octanol–water partition coefficient (Wildman–Crippen LogP) is 4.22. The number of carboxylic acids is 1. The summed E-state index contributed by atoms with van der Waals surface area (Å²) in [7, 11) is 0. The molecule has 1 aromatic heterocycles. The van der Waals surface area contributed by atoms with Gasteiger partial charge in [0.25, 0.3) is 0 Å². The van der Waals surface area contributed by atoms with Crippen molar-refractivity contribution < 1.29 is 23.8 Å². The highest BCUT2D eigenvalue weighted by atomic mass is 32.2. The van der Waals surface area contributed by atoms with Gasteiger partial charge >= 0.3 is 5.97 Å². The van der Waals surface area contributed by atoms with Crippen LogP contribution in [0, 0.1) is 0 Å². The van der Waals surface area contributed by atoms with Gasteiger partial charge in [-0.25, -0.2) is 4.79 Å². The van der Waals surface area contributed by atoms with Crippen LogP contribution in [0.5, 0.6) is 5.75 Å². The first kappa shape index (κ1) is 21.0. The van der Waals surface area contributed by atoms with Gasteiger partial charge in [0.1, 0.15) is 11.5 Å². The molecule has 7 nitrogen and oxygen atoms in total. The topological polar surface area (TPSA) is 89.2 Å². The fraction of sp³-hybridized carbons (Fsp3) is 0.217. The molecule has 1 saturated heterocycles. The van der Waals surface area contributed by atoms with Gasteiger partial charge in [0.05, 0.1) is 13.2 Å². The second-order valence-electron chi connectivity index (χ2n) is 7.22. The summed E-state index contributed by atoms with van der Waals surface area (Å²) in [5.74, 6) is 0.597. The lowest BCUT2D eigenvalue weighted by atomic mass is 10.1. The average molecular weight is 470 g/mol. The Morgan fingerprint density at radius 2 is 1.88 bits per heavy atom. The van der Waals surface area contributed by atoms with Crippen LogP contribution in [-0.4, -0.2) is 44.0 Å². The molecule has 3 aromatic rings. The van der Waals surface area contributed by atoms with Gasteiger partial charge < -0.3 is 23.9 Å². The lowest BCUT2D eigenvalue weighted by Crippen LogP contribution is -2.36. The van der Waals surface area contributed by atoms with Gasteiger partial charge in [-0.05, 0) is 24.3 Å². The van der Waals surface area contributed by atoms with Gasteiger partial charge in [0.2, 0.25) is 0 Å². The molecule has 0 spiro atoms. The number of rotatable bonds is 5. The van der Waals surface area contributed by atoms with Crippen LogP contribution < -0.4 is 15.1 Å². The van der Waals surface area contributed by atoms with Crippen molar-refractivity contribution in [3.05, 3.63) is 58.8 Å². The standard InChI is InChI=1S/C23H19NO6S2/c25-14-10-17(30-21(11-14)24-6-8-28-9-7-24)16-2-1-3-19-23(16)32-18-5-4-15(12-20(18)31-19)29-13-22(26)27/h1-5,10-12H,6-9,13H2,(H,26,27). The van der Waals surface area contributed by atoms with Crippen LogP contribution in [0.2, 0.25) is 0 Å². The zero-order valence-electron chi connectivity index (χ0n) is 16.9. The van der Waals surface area contributed by atoms with E-state index in [4.69, 9.17) is 19.0 Å². The zero-order valence-corrected chi connectivity index (χ0v) is 18.5. The van der Waals surface area contributed by atoms with Gasteiger partial charge in [-0.1, -0.05) is 35.7 Å². The second kappa shape index (κ2) is 8.93. The monoisotopic (exact) mass is 469 g/mol. The van der Waals surface area contributed by atoms with Crippen molar-refractivity contribution in [3.63, 3.8) is 0 Å². The fourth-order valence-corrected chi connectivity index (χ4v) is 5.94. The van der Waals surface area contributed by atoms with E-state index < -0.39 is 5.97 Å². The minimum Gasteiger partial charge on any atom is -0.482 e. The molecule has 2 aliphatic rings. The number of hydrogen-bond donors (Lipinski definition) is 1. The Kier molecular flexibility index (Phi) is 5.86. The highest BCUT2D eigenvalue weighted by molar-refractivity contribution is 8.05. The predicted molar refractivity (Wildman–Crippen MR) is 121 cm³/mol. The van der Waals surface area contributed by atoms with Crippen LogP contribution in [0.4, 0.5) is 5.88 Å². The number of ether oxygens (including phenoxy) is 2. The molecule has 0 bridgehead atoms. The molecule has 0 atom stereocenters. The highest BCUT2D eigenvalue weighted by Crippen LogP contribution is 2.52.